The SMILES string of the molecule is Cl.NCC1Cc2cc(Cl)cc(-c3cccc(Cl)c3)c2O1. The molecule has 2 nitrogen and oxygen atoms in total. The normalized spacial score (nSPS) is 16.2. The predicted octanol–water partition coefficient (Wildman–Crippen LogP) is 4.34. The number of halogens is 3. The van der Waals surface area contributed by atoms with Gasteiger partial charge in [-0.15, -0.1) is 12.4 Å². The van der Waals surface area contributed by atoms with Gasteiger partial charge in [-0.05, 0) is 35.4 Å². The number of rotatable bonds is 2. The summed E-state index contributed by atoms with van der Waals surface area (Å²) in [5.74, 6) is 0.877. The third-order valence-corrected chi connectivity index (χ3v) is 3.71. The van der Waals surface area contributed by atoms with Crippen molar-refractivity contribution in [3.63, 3.8) is 0 Å². The van der Waals surface area contributed by atoms with E-state index in [0.29, 0.717) is 16.6 Å². The monoisotopic (exact) mass is 329 g/mol. The average molecular weight is 331 g/mol. The van der Waals surface area contributed by atoms with Gasteiger partial charge >= 0.3 is 0 Å². The van der Waals surface area contributed by atoms with E-state index in [1.807, 2.05) is 36.4 Å². The molecule has 0 amide bonds. The lowest BCUT2D eigenvalue weighted by Gasteiger charge is -2.11. The summed E-state index contributed by atoms with van der Waals surface area (Å²) in [6.45, 7) is 0.501. The van der Waals surface area contributed by atoms with Gasteiger partial charge in [0.1, 0.15) is 11.9 Å². The Morgan fingerprint density at radius 2 is 1.95 bits per heavy atom. The summed E-state index contributed by atoms with van der Waals surface area (Å²) in [5, 5.41) is 1.40. The van der Waals surface area contributed by atoms with E-state index in [9.17, 15) is 0 Å². The van der Waals surface area contributed by atoms with Gasteiger partial charge in [0.05, 0.1) is 0 Å². The molecule has 20 heavy (non-hydrogen) atoms. The van der Waals surface area contributed by atoms with Crippen molar-refractivity contribution in [2.24, 2.45) is 5.73 Å². The van der Waals surface area contributed by atoms with Crippen LogP contribution in [0.2, 0.25) is 10.0 Å². The summed E-state index contributed by atoms with van der Waals surface area (Å²) < 4.78 is 5.91. The van der Waals surface area contributed by atoms with Crippen molar-refractivity contribution in [3.05, 3.63) is 52.0 Å². The highest BCUT2D eigenvalue weighted by Crippen LogP contribution is 2.41. The molecule has 1 aliphatic rings. The van der Waals surface area contributed by atoms with Gasteiger partial charge in [-0.1, -0.05) is 35.3 Å². The van der Waals surface area contributed by atoms with Gasteiger partial charge in [0.2, 0.25) is 0 Å². The summed E-state index contributed by atoms with van der Waals surface area (Å²) in [5.41, 5.74) is 8.77. The molecule has 2 N–H and O–H groups in total. The molecule has 0 fully saturated rings. The van der Waals surface area contributed by atoms with E-state index in [0.717, 1.165) is 28.9 Å². The molecule has 3 rings (SSSR count). The third-order valence-electron chi connectivity index (χ3n) is 3.26. The molecule has 1 unspecified atom stereocenters. The maximum Gasteiger partial charge on any atom is 0.131 e. The maximum atomic E-state index is 6.19. The molecule has 0 aromatic heterocycles. The molecule has 1 aliphatic heterocycles. The first kappa shape index (κ1) is 15.5. The Morgan fingerprint density at radius 3 is 2.65 bits per heavy atom. The van der Waals surface area contributed by atoms with Gasteiger partial charge in [0.15, 0.2) is 0 Å². The fraction of sp³-hybridized carbons (Fsp3) is 0.200. The number of benzene rings is 2. The third kappa shape index (κ3) is 2.89. The summed E-state index contributed by atoms with van der Waals surface area (Å²) >= 11 is 12.2. The van der Waals surface area contributed by atoms with Crippen LogP contribution >= 0.6 is 35.6 Å². The molecule has 1 atom stereocenters. The average Bonchev–Trinajstić information content (AvgIpc) is 2.80. The summed E-state index contributed by atoms with van der Waals surface area (Å²) in [7, 11) is 0. The molecular weight excluding hydrogens is 317 g/mol. The lowest BCUT2D eigenvalue weighted by Crippen LogP contribution is -2.24. The Labute approximate surface area is 134 Å². The second-order valence-corrected chi connectivity index (χ2v) is 5.50. The van der Waals surface area contributed by atoms with Crippen molar-refractivity contribution in [3.8, 4) is 16.9 Å². The Balaban J connectivity index is 0.00000147. The number of nitrogens with two attached hydrogens (primary N) is 1. The van der Waals surface area contributed by atoms with Crippen LogP contribution in [0.15, 0.2) is 36.4 Å². The van der Waals surface area contributed by atoms with Crippen LogP contribution in [0, 0.1) is 0 Å². The van der Waals surface area contributed by atoms with Gasteiger partial charge < -0.3 is 10.5 Å². The fourth-order valence-corrected chi connectivity index (χ4v) is 2.83. The molecular formula is C15H14Cl3NO. The van der Waals surface area contributed by atoms with Crippen LogP contribution in [0.4, 0.5) is 0 Å². The molecule has 2 aromatic carbocycles. The van der Waals surface area contributed by atoms with E-state index in [1.165, 1.54) is 0 Å². The Bertz CT molecular complexity index is 631. The van der Waals surface area contributed by atoms with Crippen LogP contribution in [0.25, 0.3) is 11.1 Å². The molecule has 106 valence electrons. The minimum absolute atomic E-state index is 0. The molecule has 0 aliphatic carbocycles. The molecule has 2 aromatic rings. The number of fused-ring (bicyclic) bond motifs is 1. The first-order valence-electron chi connectivity index (χ1n) is 6.12. The van der Waals surface area contributed by atoms with E-state index in [-0.39, 0.29) is 18.5 Å². The Morgan fingerprint density at radius 1 is 1.15 bits per heavy atom. The highest BCUT2D eigenvalue weighted by Gasteiger charge is 2.25. The van der Waals surface area contributed by atoms with Crippen molar-refractivity contribution in [2.75, 3.05) is 6.54 Å². The van der Waals surface area contributed by atoms with Crippen molar-refractivity contribution >= 4 is 35.6 Å². The smallest absolute Gasteiger partial charge is 0.131 e. The summed E-state index contributed by atoms with van der Waals surface area (Å²) in [4.78, 5) is 0. The zero-order valence-electron chi connectivity index (χ0n) is 10.6. The maximum absolute atomic E-state index is 6.19. The molecule has 5 heteroatoms. The lowest BCUT2D eigenvalue weighted by molar-refractivity contribution is 0.242. The fourth-order valence-electron chi connectivity index (χ4n) is 2.40. The van der Waals surface area contributed by atoms with Gasteiger partial charge in [-0.25, -0.2) is 0 Å². The zero-order valence-corrected chi connectivity index (χ0v) is 12.9. The van der Waals surface area contributed by atoms with Gasteiger partial charge in [-0.3, -0.25) is 0 Å². The standard InChI is InChI=1S/C15H13Cl2NO.ClH/c16-11-3-1-2-9(4-11)14-7-12(17)5-10-6-13(8-18)19-15(10)14;/h1-5,7,13H,6,8,18H2;1H. The van der Waals surface area contributed by atoms with Gasteiger partial charge in [-0.2, -0.15) is 0 Å². The minimum atomic E-state index is 0. The topological polar surface area (TPSA) is 35.2 Å². The van der Waals surface area contributed by atoms with Crippen molar-refractivity contribution < 1.29 is 4.74 Å². The Hall–Kier alpha value is -0.930. The quantitative estimate of drug-likeness (QED) is 0.888. The zero-order chi connectivity index (χ0) is 13.4. The minimum Gasteiger partial charge on any atom is -0.488 e. The number of ether oxygens (including phenoxy) is 1. The van der Waals surface area contributed by atoms with Crippen LogP contribution < -0.4 is 10.5 Å². The van der Waals surface area contributed by atoms with Crippen LogP contribution in [0.1, 0.15) is 5.56 Å². The van der Waals surface area contributed by atoms with E-state index < -0.39 is 0 Å². The number of hydrogen-bond donors (Lipinski definition) is 1. The number of hydrogen-bond acceptors (Lipinski definition) is 2. The van der Waals surface area contributed by atoms with Crippen LogP contribution in [0.5, 0.6) is 5.75 Å². The van der Waals surface area contributed by atoms with E-state index >= 15 is 0 Å². The van der Waals surface area contributed by atoms with Gasteiger partial charge in [0.25, 0.3) is 0 Å². The lowest BCUT2D eigenvalue weighted by atomic mass is 10.0. The Kier molecular flexibility index (Phi) is 4.82. The molecule has 1 heterocycles. The summed E-state index contributed by atoms with van der Waals surface area (Å²) in [6, 6.07) is 11.5. The predicted molar refractivity (Wildman–Crippen MR) is 86.3 cm³/mol. The van der Waals surface area contributed by atoms with Crippen molar-refractivity contribution in [1.82, 2.24) is 0 Å². The first-order valence-corrected chi connectivity index (χ1v) is 6.88. The van der Waals surface area contributed by atoms with E-state index in [4.69, 9.17) is 33.7 Å². The molecule has 0 saturated carbocycles. The van der Waals surface area contributed by atoms with Crippen LogP contribution in [-0.4, -0.2) is 12.6 Å². The second-order valence-electron chi connectivity index (χ2n) is 4.63. The molecule has 0 spiro atoms. The molecule has 0 radical (unpaired) electrons. The highest BCUT2D eigenvalue weighted by molar-refractivity contribution is 6.31. The first-order chi connectivity index (χ1) is 9.17. The van der Waals surface area contributed by atoms with Crippen molar-refractivity contribution in [1.29, 1.82) is 0 Å². The van der Waals surface area contributed by atoms with Crippen LogP contribution in [-0.2, 0) is 6.42 Å². The van der Waals surface area contributed by atoms with Gasteiger partial charge in [0, 0.05) is 28.6 Å². The largest absolute Gasteiger partial charge is 0.488 e. The second kappa shape index (κ2) is 6.23. The van der Waals surface area contributed by atoms with E-state index in [2.05, 4.69) is 0 Å². The molecule has 0 bridgehead atoms. The van der Waals surface area contributed by atoms with E-state index in [1.54, 1.807) is 0 Å². The highest BCUT2D eigenvalue weighted by atomic mass is 35.5. The molecule has 0 saturated heterocycles. The van der Waals surface area contributed by atoms with Crippen molar-refractivity contribution in [2.45, 2.75) is 12.5 Å². The summed E-state index contributed by atoms with van der Waals surface area (Å²) in [6.07, 6.45) is 0.839. The van der Waals surface area contributed by atoms with Crippen LogP contribution in [0.3, 0.4) is 0 Å².